The molecule has 1 fully saturated rings. The van der Waals surface area contributed by atoms with Gasteiger partial charge < -0.3 is 5.32 Å². The highest BCUT2D eigenvalue weighted by Crippen LogP contribution is 2.29. The first kappa shape index (κ1) is 21.5. The number of thioether (sulfide) groups is 1. The lowest BCUT2D eigenvalue weighted by Gasteiger charge is -2.14. The summed E-state index contributed by atoms with van der Waals surface area (Å²) in [6, 6.07) is 9.56. The molecule has 10 heteroatoms. The number of aryl methyl sites for hydroxylation is 2. The summed E-state index contributed by atoms with van der Waals surface area (Å²) in [4.78, 5) is 16.6. The van der Waals surface area contributed by atoms with Crippen molar-refractivity contribution in [1.29, 1.82) is 0 Å². The van der Waals surface area contributed by atoms with Gasteiger partial charge in [0.2, 0.25) is 5.91 Å². The van der Waals surface area contributed by atoms with Gasteiger partial charge in [-0.25, -0.2) is 8.42 Å². The van der Waals surface area contributed by atoms with Gasteiger partial charge in [0.15, 0.2) is 20.8 Å². The second-order valence-corrected chi connectivity index (χ2v) is 10.8. The van der Waals surface area contributed by atoms with E-state index in [4.69, 9.17) is 0 Å². The van der Waals surface area contributed by atoms with Gasteiger partial charge in [-0.15, -0.1) is 10.2 Å². The van der Waals surface area contributed by atoms with Gasteiger partial charge in [-0.3, -0.25) is 14.3 Å². The summed E-state index contributed by atoms with van der Waals surface area (Å²) < 4.78 is 25.2. The van der Waals surface area contributed by atoms with E-state index >= 15 is 0 Å². The van der Waals surface area contributed by atoms with Crippen molar-refractivity contribution in [2.24, 2.45) is 0 Å². The van der Waals surface area contributed by atoms with Crippen molar-refractivity contribution in [3.05, 3.63) is 53.9 Å². The summed E-state index contributed by atoms with van der Waals surface area (Å²) >= 11 is 1.27. The van der Waals surface area contributed by atoms with Crippen LogP contribution in [0.5, 0.6) is 0 Å². The third-order valence-electron chi connectivity index (χ3n) is 5.08. The van der Waals surface area contributed by atoms with Gasteiger partial charge >= 0.3 is 0 Å². The predicted octanol–water partition coefficient (Wildman–Crippen LogP) is 2.34. The molecule has 1 saturated heterocycles. The number of rotatable bonds is 6. The van der Waals surface area contributed by atoms with E-state index in [9.17, 15) is 13.2 Å². The Balaban J connectivity index is 1.59. The summed E-state index contributed by atoms with van der Waals surface area (Å²) in [7, 11) is -3.04. The summed E-state index contributed by atoms with van der Waals surface area (Å²) in [5.41, 5.74) is 3.96. The van der Waals surface area contributed by atoms with Crippen LogP contribution in [-0.4, -0.2) is 57.4 Å². The molecule has 1 aliphatic rings. The van der Waals surface area contributed by atoms with Gasteiger partial charge in [-0.1, -0.05) is 29.5 Å². The van der Waals surface area contributed by atoms with Gasteiger partial charge in [0.05, 0.1) is 22.9 Å². The molecule has 0 unspecified atom stereocenters. The molecule has 0 bridgehead atoms. The number of hydrogen-bond donors (Lipinski definition) is 1. The first-order valence-corrected chi connectivity index (χ1v) is 12.7. The zero-order valence-corrected chi connectivity index (χ0v) is 18.9. The highest BCUT2D eigenvalue weighted by Gasteiger charge is 2.29. The Morgan fingerprint density at radius 2 is 2.10 bits per heavy atom. The number of nitrogens with zero attached hydrogens (tertiary/aromatic N) is 4. The maximum atomic E-state index is 12.4. The number of benzene rings is 1. The number of pyridine rings is 1. The van der Waals surface area contributed by atoms with Crippen LogP contribution in [0.1, 0.15) is 17.5 Å². The quantitative estimate of drug-likeness (QED) is 0.566. The molecule has 0 radical (unpaired) electrons. The molecule has 0 saturated carbocycles. The Bertz CT molecular complexity index is 1210. The van der Waals surface area contributed by atoms with Crippen LogP contribution in [0.3, 0.4) is 0 Å². The molecular weight excluding hydrogens is 434 g/mol. The molecule has 1 amide bonds. The second kappa shape index (κ2) is 8.80. The van der Waals surface area contributed by atoms with E-state index in [1.54, 1.807) is 12.4 Å². The molecule has 3 aromatic rings. The Labute approximate surface area is 185 Å². The Hall–Kier alpha value is -2.72. The lowest BCUT2D eigenvalue weighted by Crippen LogP contribution is -2.36. The molecule has 2 aromatic heterocycles. The summed E-state index contributed by atoms with van der Waals surface area (Å²) in [5.74, 6) is 0.676. The van der Waals surface area contributed by atoms with Crippen molar-refractivity contribution in [2.45, 2.75) is 31.5 Å². The maximum absolute atomic E-state index is 12.4. The number of nitrogens with one attached hydrogen (secondary N) is 1. The van der Waals surface area contributed by atoms with Crippen LogP contribution in [0.15, 0.2) is 47.9 Å². The van der Waals surface area contributed by atoms with Gasteiger partial charge in [0.1, 0.15) is 0 Å². The van der Waals surface area contributed by atoms with Gasteiger partial charge in [0.25, 0.3) is 0 Å². The minimum absolute atomic E-state index is 0.00725. The minimum atomic E-state index is -3.04. The number of aromatic nitrogens is 4. The van der Waals surface area contributed by atoms with Crippen LogP contribution in [-0.2, 0) is 14.6 Å². The molecule has 0 aliphatic carbocycles. The zero-order valence-electron chi connectivity index (χ0n) is 17.3. The molecule has 31 heavy (non-hydrogen) atoms. The monoisotopic (exact) mass is 457 g/mol. The van der Waals surface area contributed by atoms with E-state index < -0.39 is 9.84 Å². The number of sulfone groups is 1. The van der Waals surface area contributed by atoms with Crippen LogP contribution in [0.4, 0.5) is 0 Å². The van der Waals surface area contributed by atoms with Crippen LogP contribution in [0.25, 0.3) is 17.1 Å². The van der Waals surface area contributed by atoms with E-state index in [1.807, 2.05) is 42.7 Å². The van der Waals surface area contributed by atoms with E-state index in [1.165, 1.54) is 11.8 Å². The highest BCUT2D eigenvalue weighted by molar-refractivity contribution is 7.99. The fourth-order valence-electron chi connectivity index (χ4n) is 3.63. The molecule has 4 rings (SSSR count). The van der Waals surface area contributed by atoms with Gasteiger partial charge in [0, 0.05) is 24.0 Å². The minimum Gasteiger partial charge on any atom is -0.352 e. The smallest absolute Gasteiger partial charge is 0.230 e. The average molecular weight is 458 g/mol. The summed E-state index contributed by atoms with van der Waals surface area (Å²) in [6.07, 6.45) is 3.89. The Morgan fingerprint density at radius 1 is 1.26 bits per heavy atom. The Kier molecular flexibility index (Phi) is 6.10. The van der Waals surface area contributed by atoms with Crippen LogP contribution in [0, 0.1) is 13.8 Å². The average Bonchev–Trinajstić information content (AvgIpc) is 3.30. The standard InChI is InChI=1S/C21H23N5O3S2/c1-14-5-6-18(15(2)10-14)26-20(16-4-3-8-22-11-16)24-25-21(26)30-12-19(27)23-17-7-9-31(28,29)13-17/h3-6,8,10-11,17H,7,9,12-13H2,1-2H3,(H,23,27)/t17-/m0/s1. The number of hydrogen-bond acceptors (Lipinski definition) is 7. The molecule has 3 heterocycles. The third kappa shape index (κ3) is 4.96. The molecule has 0 spiro atoms. The fourth-order valence-corrected chi connectivity index (χ4v) is 6.06. The number of carbonyl (C=O) groups is 1. The lowest BCUT2D eigenvalue weighted by molar-refractivity contribution is -0.119. The second-order valence-electron chi connectivity index (χ2n) is 7.63. The number of carbonyl (C=O) groups excluding carboxylic acids is 1. The third-order valence-corrected chi connectivity index (χ3v) is 7.77. The van der Waals surface area contributed by atoms with Crippen molar-refractivity contribution in [2.75, 3.05) is 17.3 Å². The predicted molar refractivity (Wildman–Crippen MR) is 120 cm³/mol. The van der Waals surface area contributed by atoms with E-state index in [0.29, 0.717) is 17.4 Å². The van der Waals surface area contributed by atoms with Crippen molar-refractivity contribution >= 4 is 27.5 Å². The van der Waals surface area contributed by atoms with Gasteiger partial charge in [-0.05, 0) is 44.0 Å². The fraction of sp³-hybridized carbons (Fsp3) is 0.333. The molecule has 8 nitrogen and oxygen atoms in total. The largest absolute Gasteiger partial charge is 0.352 e. The van der Waals surface area contributed by atoms with Crippen molar-refractivity contribution in [3.63, 3.8) is 0 Å². The van der Waals surface area contributed by atoms with Crippen molar-refractivity contribution in [1.82, 2.24) is 25.1 Å². The van der Waals surface area contributed by atoms with E-state index in [-0.39, 0.29) is 29.2 Å². The molecular formula is C21H23N5O3S2. The topological polar surface area (TPSA) is 107 Å². The molecule has 1 aliphatic heterocycles. The van der Waals surface area contributed by atoms with Crippen LogP contribution >= 0.6 is 11.8 Å². The molecule has 1 atom stereocenters. The molecule has 162 valence electrons. The van der Waals surface area contributed by atoms with Crippen molar-refractivity contribution < 1.29 is 13.2 Å². The lowest BCUT2D eigenvalue weighted by atomic mass is 10.1. The summed E-state index contributed by atoms with van der Waals surface area (Å²) in [6.45, 7) is 4.06. The van der Waals surface area contributed by atoms with Crippen LogP contribution < -0.4 is 5.32 Å². The first-order chi connectivity index (χ1) is 14.8. The zero-order chi connectivity index (χ0) is 22.0. The normalized spacial score (nSPS) is 17.5. The SMILES string of the molecule is Cc1ccc(-n2c(SCC(=O)N[C@H]3CCS(=O)(=O)C3)nnc2-c2cccnc2)c(C)c1. The van der Waals surface area contributed by atoms with Gasteiger partial charge in [-0.2, -0.15) is 0 Å². The summed E-state index contributed by atoms with van der Waals surface area (Å²) in [5, 5.41) is 12.1. The van der Waals surface area contributed by atoms with Crippen molar-refractivity contribution in [3.8, 4) is 17.1 Å². The number of amides is 1. The molecule has 1 aromatic carbocycles. The first-order valence-electron chi connectivity index (χ1n) is 9.88. The maximum Gasteiger partial charge on any atom is 0.230 e. The van der Waals surface area contributed by atoms with E-state index in [2.05, 4.69) is 26.6 Å². The highest BCUT2D eigenvalue weighted by atomic mass is 32.2. The Morgan fingerprint density at radius 3 is 2.77 bits per heavy atom. The van der Waals surface area contributed by atoms with E-state index in [0.717, 1.165) is 22.4 Å². The molecule has 1 N–H and O–H groups in total. The van der Waals surface area contributed by atoms with Crippen LogP contribution in [0.2, 0.25) is 0 Å².